The molecule has 6 nitrogen and oxygen atoms in total. The van der Waals surface area contributed by atoms with Gasteiger partial charge < -0.3 is 19.4 Å². The number of likely N-dealkylation sites (N-methyl/N-ethyl adjacent to an activating group) is 1. The summed E-state index contributed by atoms with van der Waals surface area (Å²) in [6.45, 7) is 4.72. The Bertz CT molecular complexity index is 1010. The van der Waals surface area contributed by atoms with Crippen LogP contribution in [0.5, 0.6) is 0 Å². The highest BCUT2D eigenvalue weighted by Gasteiger charge is 2.31. The van der Waals surface area contributed by atoms with E-state index in [9.17, 15) is 9.59 Å². The van der Waals surface area contributed by atoms with E-state index in [0.29, 0.717) is 28.8 Å². The van der Waals surface area contributed by atoms with Crippen molar-refractivity contribution in [3.05, 3.63) is 69.7 Å². The van der Waals surface area contributed by atoms with Crippen molar-refractivity contribution >= 4 is 35.2 Å². The number of halogens is 2. The van der Waals surface area contributed by atoms with Crippen LogP contribution in [0.1, 0.15) is 47.5 Å². The van der Waals surface area contributed by atoms with Crippen molar-refractivity contribution in [1.82, 2.24) is 14.7 Å². The highest BCUT2D eigenvalue weighted by Crippen LogP contribution is 2.30. The number of hydrogen-bond acceptors (Lipinski definition) is 4. The van der Waals surface area contributed by atoms with Crippen LogP contribution in [0.25, 0.3) is 0 Å². The molecular formula is C27H33Cl2N3O3. The summed E-state index contributed by atoms with van der Waals surface area (Å²) >= 11 is 12.5. The van der Waals surface area contributed by atoms with Gasteiger partial charge in [0.25, 0.3) is 5.91 Å². The van der Waals surface area contributed by atoms with Gasteiger partial charge in [-0.1, -0.05) is 47.5 Å². The zero-order chi connectivity index (χ0) is 24.8. The van der Waals surface area contributed by atoms with Gasteiger partial charge in [-0.15, -0.1) is 0 Å². The van der Waals surface area contributed by atoms with Gasteiger partial charge in [0.15, 0.2) is 0 Å². The predicted octanol–water partition coefficient (Wildman–Crippen LogP) is 5.55. The van der Waals surface area contributed by atoms with Crippen LogP contribution < -0.4 is 0 Å². The smallest absolute Gasteiger partial charge is 0.410 e. The molecule has 0 saturated carbocycles. The lowest BCUT2D eigenvalue weighted by molar-refractivity contribution is 0.0372. The average molecular weight is 518 g/mol. The van der Waals surface area contributed by atoms with Crippen LogP contribution in [-0.4, -0.2) is 79.1 Å². The van der Waals surface area contributed by atoms with Crippen LogP contribution in [0.3, 0.4) is 0 Å². The van der Waals surface area contributed by atoms with Crippen molar-refractivity contribution in [3.8, 4) is 0 Å². The number of ether oxygens (including phenoxy) is 1. The SMILES string of the molecule is CN(C[C@@H](CCN1CCC(N2CCCOC2=O)CC1)c1ccc(Cl)c(Cl)c1)C(=O)c1ccccc1. The van der Waals surface area contributed by atoms with Gasteiger partial charge in [-0.2, -0.15) is 0 Å². The summed E-state index contributed by atoms with van der Waals surface area (Å²) in [4.78, 5) is 31.2. The number of nitrogens with zero attached hydrogens (tertiary/aromatic N) is 3. The van der Waals surface area contributed by atoms with Crippen molar-refractivity contribution < 1.29 is 14.3 Å². The van der Waals surface area contributed by atoms with Crippen molar-refractivity contribution in [2.45, 2.75) is 37.6 Å². The summed E-state index contributed by atoms with van der Waals surface area (Å²) in [6, 6.07) is 15.4. The van der Waals surface area contributed by atoms with E-state index in [-0.39, 0.29) is 24.0 Å². The van der Waals surface area contributed by atoms with Crippen LogP contribution in [0.4, 0.5) is 4.79 Å². The fourth-order valence-electron chi connectivity index (χ4n) is 5.04. The Kier molecular flexibility index (Phi) is 8.93. The molecule has 0 radical (unpaired) electrons. The van der Waals surface area contributed by atoms with Crippen LogP contribution >= 0.6 is 23.2 Å². The van der Waals surface area contributed by atoms with Gasteiger partial charge in [0.1, 0.15) is 0 Å². The Labute approximate surface area is 217 Å². The van der Waals surface area contributed by atoms with Crippen LogP contribution in [0.2, 0.25) is 10.0 Å². The van der Waals surface area contributed by atoms with E-state index in [1.165, 1.54) is 0 Å². The van der Waals surface area contributed by atoms with Gasteiger partial charge in [-0.3, -0.25) is 4.79 Å². The van der Waals surface area contributed by atoms with E-state index in [1.54, 1.807) is 4.90 Å². The number of piperidine rings is 1. The fourth-order valence-corrected chi connectivity index (χ4v) is 5.34. The summed E-state index contributed by atoms with van der Waals surface area (Å²) in [5.41, 5.74) is 1.76. The molecule has 2 aromatic carbocycles. The zero-order valence-corrected chi connectivity index (χ0v) is 21.7. The molecule has 0 bridgehead atoms. The first kappa shape index (κ1) is 25.8. The molecule has 2 amide bonds. The molecule has 2 aromatic rings. The zero-order valence-electron chi connectivity index (χ0n) is 20.2. The van der Waals surface area contributed by atoms with Gasteiger partial charge in [-0.05, 0) is 62.1 Å². The van der Waals surface area contributed by atoms with Gasteiger partial charge >= 0.3 is 6.09 Å². The van der Waals surface area contributed by atoms with E-state index in [1.807, 2.05) is 60.5 Å². The molecule has 2 heterocycles. The fraction of sp³-hybridized carbons (Fsp3) is 0.481. The molecule has 0 aromatic heterocycles. The van der Waals surface area contributed by atoms with Gasteiger partial charge in [-0.25, -0.2) is 4.79 Å². The quantitative estimate of drug-likeness (QED) is 0.460. The van der Waals surface area contributed by atoms with E-state index >= 15 is 0 Å². The molecule has 8 heteroatoms. The number of cyclic esters (lactones) is 1. The second-order valence-electron chi connectivity index (χ2n) is 9.44. The van der Waals surface area contributed by atoms with Crippen molar-refractivity contribution in [2.24, 2.45) is 0 Å². The second-order valence-corrected chi connectivity index (χ2v) is 10.3. The third-order valence-corrected chi connectivity index (χ3v) is 7.81. The number of amides is 2. The van der Waals surface area contributed by atoms with Crippen LogP contribution in [0.15, 0.2) is 48.5 Å². The molecule has 4 rings (SSSR count). The first-order valence-electron chi connectivity index (χ1n) is 12.3. The van der Waals surface area contributed by atoms with Gasteiger partial charge in [0.2, 0.25) is 0 Å². The highest BCUT2D eigenvalue weighted by molar-refractivity contribution is 6.42. The summed E-state index contributed by atoms with van der Waals surface area (Å²) in [5.74, 6) is 0.127. The summed E-state index contributed by atoms with van der Waals surface area (Å²) in [5, 5.41) is 1.06. The normalized spacial score (nSPS) is 18.3. The largest absolute Gasteiger partial charge is 0.449 e. The molecule has 188 valence electrons. The van der Waals surface area contributed by atoms with Crippen molar-refractivity contribution in [2.75, 3.05) is 46.4 Å². The minimum atomic E-state index is -0.166. The molecule has 2 aliphatic rings. The van der Waals surface area contributed by atoms with Crippen LogP contribution in [0, 0.1) is 0 Å². The number of carbonyl (C=O) groups is 2. The molecule has 2 fully saturated rings. The maximum Gasteiger partial charge on any atom is 0.410 e. The lowest BCUT2D eigenvalue weighted by Gasteiger charge is -2.39. The molecule has 35 heavy (non-hydrogen) atoms. The standard InChI is InChI=1S/C27H33Cl2N3O3/c1-30(26(33)20-6-3-2-4-7-20)19-22(21-8-9-24(28)25(29)18-21)10-14-31-15-11-23(12-16-31)32-13-5-17-35-27(32)34/h2-4,6-9,18,22-23H,5,10-17,19H2,1H3/t22-/m1/s1. The Balaban J connectivity index is 1.38. The van der Waals surface area contributed by atoms with Crippen molar-refractivity contribution in [3.63, 3.8) is 0 Å². The molecule has 1 atom stereocenters. The van der Waals surface area contributed by atoms with E-state index in [2.05, 4.69) is 4.90 Å². The van der Waals surface area contributed by atoms with Crippen molar-refractivity contribution in [1.29, 1.82) is 0 Å². The van der Waals surface area contributed by atoms with Gasteiger partial charge in [0, 0.05) is 50.7 Å². The maximum atomic E-state index is 13.0. The second kappa shape index (κ2) is 12.1. The number of rotatable bonds is 8. The topological polar surface area (TPSA) is 53.1 Å². The number of likely N-dealkylation sites (tertiary alicyclic amines) is 1. The first-order chi connectivity index (χ1) is 16.9. The molecule has 0 aliphatic carbocycles. The average Bonchev–Trinajstić information content (AvgIpc) is 2.89. The third-order valence-electron chi connectivity index (χ3n) is 7.07. The first-order valence-corrected chi connectivity index (χ1v) is 13.1. The molecule has 0 unspecified atom stereocenters. The number of benzene rings is 2. The summed E-state index contributed by atoms with van der Waals surface area (Å²) in [6.07, 6.45) is 3.55. The van der Waals surface area contributed by atoms with E-state index in [0.717, 1.165) is 57.4 Å². The summed E-state index contributed by atoms with van der Waals surface area (Å²) < 4.78 is 5.23. The van der Waals surface area contributed by atoms with Gasteiger partial charge in [0.05, 0.1) is 16.7 Å². The lowest BCUT2D eigenvalue weighted by Crippen LogP contribution is -2.50. The minimum absolute atomic E-state index is 0.00453. The maximum absolute atomic E-state index is 13.0. The highest BCUT2D eigenvalue weighted by atomic mass is 35.5. The Morgan fingerprint density at radius 1 is 1.09 bits per heavy atom. The Hall–Kier alpha value is -2.28. The van der Waals surface area contributed by atoms with E-state index < -0.39 is 0 Å². The molecule has 0 spiro atoms. The monoisotopic (exact) mass is 517 g/mol. The minimum Gasteiger partial charge on any atom is -0.449 e. The summed E-state index contributed by atoms with van der Waals surface area (Å²) in [7, 11) is 1.85. The Morgan fingerprint density at radius 3 is 2.51 bits per heavy atom. The molecular weight excluding hydrogens is 485 g/mol. The molecule has 2 saturated heterocycles. The predicted molar refractivity (Wildman–Crippen MR) is 139 cm³/mol. The van der Waals surface area contributed by atoms with Crippen LogP contribution in [-0.2, 0) is 4.74 Å². The number of hydrogen-bond donors (Lipinski definition) is 0. The molecule has 2 aliphatic heterocycles. The number of carbonyl (C=O) groups excluding carboxylic acids is 2. The molecule has 0 N–H and O–H groups in total. The lowest BCUT2D eigenvalue weighted by atomic mass is 9.93. The Morgan fingerprint density at radius 2 is 1.83 bits per heavy atom. The third kappa shape index (κ3) is 6.69. The van der Waals surface area contributed by atoms with E-state index in [4.69, 9.17) is 27.9 Å².